The number of amides is 2. The average Bonchev–Trinajstić information content (AvgIpc) is 2.90. The number of nitrogens with two attached hydrogens (primary N) is 1. The van der Waals surface area contributed by atoms with Crippen molar-refractivity contribution in [3.8, 4) is 5.75 Å². The first-order valence-corrected chi connectivity index (χ1v) is 7.58. The van der Waals surface area contributed by atoms with Crippen molar-refractivity contribution >= 4 is 17.5 Å². The van der Waals surface area contributed by atoms with Gasteiger partial charge in [-0.1, -0.05) is 6.07 Å². The number of nitrogens with one attached hydrogen (secondary N) is 2. The second kappa shape index (κ2) is 7.79. The average molecular weight is 305 g/mol. The Labute approximate surface area is 130 Å². The normalized spacial score (nSPS) is 20.5. The maximum atomic E-state index is 11.9. The van der Waals surface area contributed by atoms with Crippen molar-refractivity contribution in [3.05, 3.63) is 24.3 Å². The van der Waals surface area contributed by atoms with E-state index in [0.29, 0.717) is 24.6 Å². The van der Waals surface area contributed by atoms with Crippen molar-refractivity contribution in [1.82, 2.24) is 5.32 Å². The van der Waals surface area contributed by atoms with Gasteiger partial charge in [0.05, 0.1) is 6.54 Å². The summed E-state index contributed by atoms with van der Waals surface area (Å²) in [4.78, 5) is 22.9. The van der Waals surface area contributed by atoms with Gasteiger partial charge in [0.15, 0.2) is 0 Å². The maximum Gasteiger partial charge on any atom is 0.223 e. The fraction of sp³-hybridized carbons (Fsp3) is 0.500. The van der Waals surface area contributed by atoms with E-state index in [2.05, 4.69) is 10.6 Å². The van der Waals surface area contributed by atoms with Crippen LogP contribution in [-0.2, 0) is 9.59 Å². The lowest BCUT2D eigenvalue weighted by Crippen LogP contribution is -2.33. The van der Waals surface area contributed by atoms with E-state index in [-0.39, 0.29) is 23.8 Å². The van der Waals surface area contributed by atoms with Gasteiger partial charge in [0, 0.05) is 30.6 Å². The smallest absolute Gasteiger partial charge is 0.223 e. The molecule has 0 bridgehead atoms. The predicted octanol–water partition coefficient (Wildman–Crippen LogP) is 1.27. The molecule has 1 aromatic carbocycles. The number of anilines is 1. The van der Waals surface area contributed by atoms with Gasteiger partial charge in [-0.05, 0) is 31.4 Å². The molecule has 0 heterocycles. The molecule has 0 aliphatic heterocycles. The Balaban J connectivity index is 1.70. The summed E-state index contributed by atoms with van der Waals surface area (Å²) in [7, 11) is 0. The Bertz CT molecular complexity index is 533. The van der Waals surface area contributed by atoms with Crippen LogP contribution in [0.2, 0.25) is 0 Å². The highest BCUT2D eigenvalue weighted by molar-refractivity contribution is 5.88. The topological polar surface area (TPSA) is 93.5 Å². The van der Waals surface area contributed by atoms with E-state index in [4.69, 9.17) is 10.5 Å². The Morgan fingerprint density at radius 1 is 1.36 bits per heavy atom. The van der Waals surface area contributed by atoms with Gasteiger partial charge in [0.25, 0.3) is 0 Å². The van der Waals surface area contributed by atoms with Crippen molar-refractivity contribution in [1.29, 1.82) is 0 Å². The summed E-state index contributed by atoms with van der Waals surface area (Å²) in [5, 5.41) is 5.57. The van der Waals surface area contributed by atoms with Crippen molar-refractivity contribution in [2.45, 2.75) is 32.2 Å². The minimum Gasteiger partial charge on any atom is -0.492 e. The van der Waals surface area contributed by atoms with Crippen LogP contribution in [0.3, 0.4) is 0 Å². The monoisotopic (exact) mass is 305 g/mol. The maximum absolute atomic E-state index is 11.9. The van der Waals surface area contributed by atoms with Gasteiger partial charge in [0.1, 0.15) is 12.4 Å². The number of ether oxygens (including phenoxy) is 1. The third-order valence-electron chi connectivity index (χ3n) is 3.67. The number of benzene rings is 1. The number of carbonyl (C=O) groups excluding carboxylic acids is 2. The Morgan fingerprint density at radius 2 is 2.18 bits per heavy atom. The summed E-state index contributed by atoms with van der Waals surface area (Å²) in [6, 6.07) is 7.31. The van der Waals surface area contributed by atoms with Crippen LogP contribution in [0.25, 0.3) is 0 Å². The highest BCUT2D eigenvalue weighted by atomic mass is 16.5. The van der Waals surface area contributed by atoms with Gasteiger partial charge in [-0.25, -0.2) is 0 Å². The third kappa shape index (κ3) is 5.04. The molecule has 2 amide bonds. The number of hydrogen-bond acceptors (Lipinski definition) is 4. The van der Waals surface area contributed by atoms with Crippen molar-refractivity contribution in [2.24, 2.45) is 11.7 Å². The molecule has 0 aromatic heterocycles. The molecule has 0 radical (unpaired) electrons. The first-order chi connectivity index (χ1) is 10.5. The summed E-state index contributed by atoms with van der Waals surface area (Å²) in [6.45, 7) is 2.29. The Hall–Kier alpha value is -2.08. The molecule has 0 saturated heterocycles. The molecule has 120 valence electrons. The second-order valence-corrected chi connectivity index (χ2v) is 5.62. The van der Waals surface area contributed by atoms with Gasteiger partial charge in [-0.15, -0.1) is 0 Å². The third-order valence-corrected chi connectivity index (χ3v) is 3.67. The summed E-state index contributed by atoms with van der Waals surface area (Å²) >= 11 is 0. The zero-order valence-electron chi connectivity index (χ0n) is 12.8. The molecular formula is C16H23N3O3. The van der Waals surface area contributed by atoms with E-state index < -0.39 is 0 Å². The molecule has 1 aromatic rings. The first-order valence-electron chi connectivity index (χ1n) is 7.58. The van der Waals surface area contributed by atoms with Gasteiger partial charge >= 0.3 is 0 Å². The SMILES string of the molecule is CC(=O)Nc1cccc(OCCNC(=O)C2CCC(N)C2)c1. The molecule has 6 heteroatoms. The molecule has 4 N–H and O–H groups in total. The molecule has 6 nitrogen and oxygen atoms in total. The van der Waals surface area contributed by atoms with Gasteiger partial charge in [-0.2, -0.15) is 0 Å². The van der Waals surface area contributed by atoms with E-state index in [1.807, 2.05) is 6.07 Å². The summed E-state index contributed by atoms with van der Waals surface area (Å²) < 4.78 is 5.57. The van der Waals surface area contributed by atoms with E-state index in [1.165, 1.54) is 6.92 Å². The van der Waals surface area contributed by atoms with Crippen LogP contribution < -0.4 is 21.1 Å². The fourth-order valence-electron chi connectivity index (χ4n) is 2.61. The number of hydrogen-bond donors (Lipinski definition) is 3. The van der Waals surface area contributed by atoms with Crippen LogP contribution >= 0.6 is 0 Å². The van der Waals surface area contributed by atoms with Crippen LogP contribution in [-0.4, -0.2) is 31.0 Å². The van der Waals surface area contributed by atoms with Crippen LogP contribution in [0, 0.1) is 5.92 Å². The van der Waals surface area contributed by atoms with Crippen molar-refractivity contribution in [3.63, 3.8) is 0 Å². The standard InChI is InChI=1S/C16H23N3O3/c1-11(20)19-14-3-2-4-15(10-14)22-8-7-18-16(21)12-5-6-13(17)9-12/h2-4,10,12-13H,5-9,17H2,1H3,(H,18,21)(H,19,20). The van der Waals surface area contributed by atoms with Crippen LogP contribution in [0.4, 0.5) is 5.69 Å². The minimum absolute atomic E-state index is 0.0399. The lowest BCUT2D eigenvalue weighted by atomic mass is 10.1. The van der Waals surface area contributed by atoms with Crippen LogP contribution in [0.5, 0.6) is 5.75 Å². The number of rotatable bonds is 6. The van der Waals surface area contributed by atoms with E-state index in [1.54, 1.807) is 18.2 Å². The Morgan fingerprint density at radius 3 is 2.86 bits per heavy atom. The minimum atomic E-state index is -0.126. The van der Waals surface area contributed by atoms with Crippen molar-refractivity contribution < 1.29 is 14.3 Å². The zero-order valence-corrected chi connectivity index (χ0v) is 12.8. The molecule has 1 fully saturated rings. The largest absolute Gasteiger partial charge is 0.492 e. The fourth-order valence-corrected chi connectivity index (χ4v) is 2.61. The number of carbonyl (C=O) groups is 2. The molecule has 1 aliphatic rings. The molecule has 2 atom stereocenters. The van der Waals surface area contributed by atoms with Gasteiger partial charge in [-0.3, -0.25) is 9.59 Å². The lowest BCUT2D eigenvalue weighted by Gasteiger charge is -2.12. The molecule has 2 unspecified atom stereocenters. The lowest BCUT2D eigenvalue weighted by molar-refractivity contribution is -0.125. The summed E-state index contributed by atoms with van der Waals surface area (Å²) in [6.07, 6.45) is 2.56. The highest BCUT2D eigenvalue weighted by Crippen LogP contribution is 2.24. The molecule has 1 aliphatic carbocycles. The van der Waals surface area contributed by atoms with Gasteiger partial charge in [0.2, 0.25) is 11.8 Å². The molecule has 22 heavy (non-hydrogen) atoms. The summed E-state index contributed by atoms with van der Waals surface area (Å²) in [5.74, 6) is 0.629. The zero-order chi connectivity index (χ0) is 15.9. The molecule has 1 saturated carbocycles. The quantitative estimate of drug-likeness (QED) is 0.690. The predicted molar refractivity (Wildman–Crippen MR) is 84.6 cm³/mol. The van der Waals surface area contributed by atoms with E-state index >= 15 is 0 Å². The first kappa shape index (κ1) is 16.3. The van der Waals surface area contributed by atoms with E-state index in [0.717, 1.165) is 19.3 Å². The van der Waals surface area contributed by atoms with E-state index in [9.17, 15) is 9.59 Å². The van der Waals surface area contributed by atoms with Gasteiger partial charge < -0.3 is 21.1 Å². The molecular weight excluding hydrogens is 282 g/mol. The van der Waals surface area contributed by atoms with Crippen molar-refractivity contribution in [2.75, 3.05) is 18.5 Å². The highest BCUT2D eigenvalue weighted by Gasteiger charge is 2.27. The molecule has 0 spiro atoms. The Kier molecular flexibility index (Phi) is 5.77. The van der Waals surface area contributed by atoms with Crippen LogP contribution in [0.1, 0.15) is 26.2 Å². The summed E-state index contributed by atoms with van der Waals surface area (Å²) in [5.41, 5.74) is 6.50. The second-order valence-electron chi connectivity index (χ2n) is 5.62. The van der Waals surface area contributed by atoms with Crippen LogP contribution in [0.15, 0.2) is 24.3 Å². The molecule has 2 rings (SSSR count).